The first kappa shape index (κ1) is 19.7. The average molecular weight is 408 g/mol. The summed E-state index contributed by atoms with van der Waals surface area (Å²) in [5.74, 6) is 0.946. The smallest absolute Gasteiger partial charge is 0.213 e. The highest BCUT2D eigenvalue weighted by molar-refractivity contribution is 7.89. The van der Waals surface area contributed by atoms with E-state index in [0.29, 0.717) is 13.1 Å². The molecule has 3 heterocycles. The Morgan fingerprint density at radius 3 is 2.64 bits per heavy atom. The van der Waals surface area contributed by atoms with Gasteiger partial charge >= 0.3 is 0 Å². The van der Waals surface area contributed by atoms with Gasteiger partial charge in [0, 0.05) is 49.2 Å². The van der Waals surface area contributed by atoms with Gasteiger partial charge in [-0.15, -0.1) is 0 Å². The van der Waals surface area contributed by atoms with Crippen molar-refractivity contribution in [3.8, 4) is 5.75 Å². The molecule has 2 aliphatic rings. The molecule has 28 heavy (non-hydrogen) atoms. The van der Waals surface area contributed by atoms with E-state index < -0.39 is 10.0 Å². The summed E-state index contributed by atoms with van der Waals surface area (Å²) < 4.78 is 33.8. The summed E-state index contributed by atoms with van der Waals surface area (Å²) in [6.45, 7) is 3.54. The Morgan fingerprint density at radius 1 is 1.32 bits per heavy atom. The molecule has 1 aromatic heterocycles. The van der Waals surface area contributed by atoms with Gasteiger partial charge in [-0.3, -0.25) is 0 Å². The number of aliphatic hydroxyl groups is 1. The van der Waals surface area contributed by atoms with Gasteiger partial charge in [0.2, 0.25) is 10.0 Å². The van der Waals surface area contributed by atoms with Crippen molar-refractivity contribution in [2.24, 2.45) is 7.05 Å². The molecule has 0 radical (unpaired) electrons. The number of sulfonamides is 1. The van der Waals surface area contributed by atoms with E-state index in [4.69, 9.17) is 4.74 Å². The van der Waals surface area contributed by atoms with Crippen LogP contribution < -0.4 is 10.1 Å². The van der Waals surface area contributed by atoms with Gasteiger partial charge in [-0.05, 0) is 37.5 Å². The number of aliphatic hydroxyl groups excluding tert-OH is 1. The SMILES string of the molecule is CCS(=O)(=O)N1CCC2(CC1)CN[C@@H](CO)c1c2c2ccc(OC)cc2n1C. The Labute approximate surface area is 166 Å². The number of rotatable bonds is 4. The predicted molar refractivity (Wildman–Crippen MR) is 109 cm³/mol. The number of hydrogen-bond acceptors (Lipinski definition) is 5. The monoisotopic (exact) mass is 407 g/mol. The Hall–Kier alpha value is -1.61. The Balaban J connectivity index is 1.83. The van der Waals surface area contributed by atoms with Crippen molar-refractivity contribution in [1.29, 1.82) is 0 Å². The fourth-order valence-electron chi connectivity index (χ4n) is 4.98. The Bertz CT molecular complexity index is 991. The third kappa shape index (κ3) is 2.85. The Morgan fingerprint density at radius 2 is 2.04 bits per heavy atom. The van der Waals surface area contributed by atoms with E-state index in [1.54, 1.807) is 18.3 Å². The maximum absolute atomic E-state index is 12.3. The van der Waals surface area contributed by atoms with Crippen LogP contribution in [0.4, 0.5) is 0 Å². The molecule has 2 aromatic rings. The van der Waals surface area contributed by atoms with Crippen molar-refractivity contribution in [2.45, 2.75) is 31.2 Å². The molecular weight excluding hydrogens is 378 g/mol. The molecule has 0 aliphatic carbocycles. The molecule has 4 rings (SSSR count). The largest absolute Gasteiger partial charge is 0.497 e. The lowest BCUT2D eigenvalue weighted by atomic mass is 9.69. The van der Waals surface area contributed by atoms with Crippen LogP contribution in [0, 0.1) is 0 Å². The minimum Gasteiger partial charge on any atom is -0.497 e. The summed E-state index contributed by atoms with van der Waals surface area (Å²) in [6.07, 6.45) is 1.55. The van der Waals surface area contributed by atoms with Crippen molar-refractivity contribution < 1.29 is 18.3 Å². The van der Waals surface area contributed by atoms with Gasteiger partial charge in [-0.1, -0.05) is 0 Å². The van der Waals surface area contributed by atoms with Crippen LogP contribution in [0.2, 0.25) is 0 Å². The van der Waals surface area contributed by atoms with Crippen LogP contribution in [0.15, 0.2) is 18.2 Å². The minimum atomic E-state index is -3.16. The summed E-state index contributed by atoms with van der Waals surface area (Å²) in [5.41, 5.74) is 3.31. The molecule has 0 unspecified atom stereocenters. The van der Waals surface area contributed by atoms with Gasteiger partial charge in [0.25, 0.3) is 0 Å². The van der Waals surface area contributed by atoms with E-state index in [1.807, 2.05) is 19.2 Å². The second kappa shape index (κ2) is 7.02. The molecule has 1 atom stereocenters. The first-order chi connectivity index (χ1) is 13.4. The van der Waals surface area contributed by atoms with Gasteiger partial charge < -0.3 is 19.7 Å². The quantitative estimate of drug-likeness (QED) is 0.803. The lowest BCUT2D eigenvalue weighted by Gasteiger charge is -2.46. The molecule has 2 N–H and O–H groups in total. The molecule has 8 heteroatoms. The van der Waals surface area contributed by atoms with Crippen molar-refractivity contribution in [1.82, 2.24) is 14.2 Å². The second-order valence-electron chi connectivity index (χ2n) is 7.90. The molecule has 1 aromatic carbocycles. The van der Waals surface area contributed by atoms with Crippen LogP contribution in [-0.2, 0) is 22.5 Å². The number of hydrogen-bond donors (Lipinski definition) is 2. The molecule has 0 amide bonds. The molecular formula is C20H29N3O4S. The molecule has 0 saturated carbocycles. The number of aromatic nitrogens is 1. The summed E-state index contributed by atoms with van der Waals surface area (Å²) >= 11 is 0. The normalized spacial score (nSPS) is 22.5. The van der Waals surface area contributed by atoms with Gasteiger partial charge in [0.05, 0.1) is 31.0 Å². The van der Waals surface area contributed by atoms with Crippen LogP contribution in [-0.4, -0.2) is 61.5 Å². The number of aryl methyl sites for hydroxylation is 1. The van der Waals surface area contributed by atoms with Crippen LogP contribution in [0.1, 0.15) is 37.1 Å². The number of nitrogens with zero attached hydrogens (tertiary/aromatic N) is 2. The lowest BCUT2D eigenvalue weighted by molar-refractivity contribution is 0.176. The highest BCUT2D eigenvalue weighted by atomic mass is 32.2. The highest BCUT2D eigenvalue weighted by Crippen LogP contribution is 2.47. The molecule has 1 saturated heterocycles. The zero-order chi connectivity index (χ0) is 20.1. The third-order valence-electron chi connectivity index (χ3n) is 6.62. The minimum absolute atomic E-state index is 0.0285. The van der Waals surface area contributed by atoms with Crippen LogP contribution in [0.5, 0.6) is 5.75 Å². The maximum Gasteiger partial charge on any atom is 0.213 e. The van der Waals surface area contributed by atoms with Crippen LogP contribution in [0.25, 0.3) is 10.9 Å². The summed E-state index contributed by atoms with van der Waals surface area (Å²) in [7, 11) is 0.524. The fraction of sp³-hybridized carbons (Fsp3) is 0.600. The number of piperidine rings is 1. The van der Waals surface area contributed by atoms with E-state index in [0.717, 1.165) is 36.3 Å². The number of fused-ring (bicyclic) bond motifs is 4. The first-order valence-electron chi connectivity index (χ1n) is 9.86. The molecule has 154 valence electrons. The van der Waals surface area contributed by atoms with Gasteiger partial charge in [0.1, 0.15) is 5.75 Å². The first-order valence-corrected chi connectivity index (χ1v) is 11.5. The van der Waals surface area contributed by atoms with Gasteiger partial charge in [-0.25, -0.2) is 12.7 Å². The van der Waals surface area contributed by atoms with Gasteiger partial charge in [-0.2, -0.15) is 0 Å². The fourth-order valence-corrected chi connectivity index (χ4v) is 6.09. The molecule has 1 spiro atoms. The molecule has 2 aliphatic heterocycles. The van der Waals surface area contributed by atoms with E-state index in [1.165, 1.54) is 10.9 Å². The summed E-state index contributed by atoms with van der Waals surface area (Å²) in [6, 6.07) is 5.99. The number of ether oxygens (including phenoxy) is 1. The number of methoxy groups -OCH3 is 1. The van der Waals surface area contributed by atoms with E-state index in [-0.39, 0.29) is 23.8 Å². The molecule has 0 bridgehead atoms. The average Bonchev–Trinajstić information content (AvgIpc) is 3.02. The van der Waals surface area contributed by atoms with Crippen LogP contribution in [0.3, 0.4) is 0 Å². The van der Waals surface area contributed by atoms with E-state index in [2.05, 4.69) is 16.0 Å². The van der Waals surface area contributed by atoms with E-state index in [9.17, 15) is 13.5 Å². The van der Waals surface area contributed by atoms with Gasteiger partial charge in [0.15, 0.2) is 0 Å². The van der Waals surface area contributed by atoms with Crippen molar-refractivity contribution >= 4 is 20.9 Å². The Kier molecular flexibility index (Phi) is 4.94. The topological polar surface area (TPSA) is 83.8 Å². The number of nitrogens with one attached hydrogen (secondary N) is 1. The second-order valence-corrected chi connectivity index (χ2v) is 10.2. The molecule has 1 fully saturated rings. The maximum atomic E-state index is 12.3. The number of benzene rings is 1. The van der Waals surface area contributed by atoms with E-state index >= 15 is 0 Å². The summed E-state index contributed by atoms with van der Waals surface area (Å²) in [4.78, 5) is 0. The predicted octanol–water partition coefficient (Wildman–Crippen LogP) is 1.51. The zero-order valence-corrected chi connectivity index (χ0v) is 17.6. The van der Waals surface area contributed by atoms with Crippen molar-refractivity contribution in [2.75, 3.05) is 39.1 Å². The van der Waals surface area contributed by atoms with Crippen LogP contribution >= 0.6 is 0 Å². The lowest BCUT2D eigenvalue weighted by Crippen LogP contribution is -2.53. The standard InChI is InChI=1S/C20H29N3O4S/c1-4-28(25,26)23-9-7-20(8-10-23)13-21-16(12-24)19-18(20)15-6-5-14(27-3)11-17(15)22(19)2/h5-6,11,16,21,24H,4,7-10,12-13H2,1-3H3/t16-/m0/s1. The molecule has 7 nitrogen and oxygen atoms in total. The summed E-state index contributed by atoms with van der Waals surface area (Å²) in [5, 5.41) is 14.7. The van der Waals surface area contributed by atoms with Crippen molar-refractivity contribution in [3.05, 3.63) is 29.5 Å². The van der Waals surface area contributed by atoms with Crippen molar-refractivity contribution in [3.63, 3.8) is 0 Å². The zero-order valence-electron chi connectivity index (χ0n) is 16.7. The highest BCUT2D eigenvalue weighted by Gasteiger charge is 2.46. The third-order valence-corrected chi connectivity index (χ3v) is 8.50.